The van der Waals surface area contributed by atoms with Crippen LogP contribution in [-0.2, 0) is 0 Å². The van der Waals surface area contributed by atoms with Crippen LogP contribution in [0.5, 0.6) is 0 Å². The Hall–Kier alpha value is -2.59. The predicted molar refractivity (Wildman–Crippen MR) is 75.7 cm³/mol. The fraction of sp³-hybridized carbons (Fsp3) is 0. The molecule has 2 aromatic rings. The highest BCUT2D eigenvalue weighted by atomic mass is 14.2. The molecule has 0 aromatic heterocycles. The normalized spacial score (nSPS) is 10.8. The second-order valence-corrected chi connectivity index (χ2v) is 3.86. The lowest BCUT2D eigenvalue weighted by molar-refractivity contribution is 1.48. The third-order valence-corrected chi connectivity index (χ3v) is 2.53. The molecule has 1 nitrogen and oxygen atoms in total. The Morgan fingerprint density at radius 3 is 1.83 bits per heavy atom. The first-order valence-corrected chi connectivity index (χ1v) is 5.78. The van der Waals surface area contributed by atoms with Crippen molar-refractivity contribution < 1.29 is 0 Å². The van der Waals surface area contributed by atoms with E-state index in [0.29, 0.717) is 5.56 Å². The summed E-state index contributed by atoms with van der Waals surface area (Å²) in [5.41, 5.74) is 2.96. The molecule has 0 N–H and O–H groups in total. The number of hydrogen-bond acceptors (Lipinski definition) is 1. The summed E-state index contributed by atoms with van der Waals surface area (Å²) in [6.45, 7) is 0. The van der Waals surface area contributed by atoms with Crippen LogP contribution in [0.1, 0.15) is 16.7 Å². The van der Waals surface area contributed by atoms with Gasteiger partial charge < -0.3 is 0 Å². The van der Waals surface area contributed by atoms with E-state index >= 15 is 0 Å². The van der Waals surface area contributed by atoms with Crippen molar-refractivity contribution >= 4 is 12.2 Å². The van der Waals surface area contributed by atoms with Gasteiger partial charge in [0.2, 0.25) is 0 Å². The molecule has 0 amide bonds. The van der Waals surface area contributed by atoms with Crippen LogP contribution in [0.15, 0.2) is 66.7 Å². The highest BCUT2D eigenvalue weighted by Gasteiger charge is 1.88. The van der Waals surface area contributed by atoms with Crippen LogP contribution < -0.4 is 0 Å². The molecule has 0 saturated heterocycles. The van der Waals surface area contributed by atoms with Crippen molar-refractivity contribution in [3.05, 3.63) is 83.4 Å². The summed E-state index contributed by atoms with van der Waals surface area (Å²) in [7, 11) is 0. The van der Waals surface area contributed by atoms with E-state index in [1.807, 2.05) is 60.7 Å². The van der Waals surface area contributed by atoms with Gasteiger partial charge in [0.1, 0.15) is 0 Å². The minimum atomic E-state index is 0.687. The average Bonchev–Trinajstić information content (AvgIpc) is 2.45. The van der Waals surface area contributed by atoms with Gasteiger partial charge in [-0.3, -0.25) is 0 Å². The van der Waals surface area contributed by atoms with Gasteiger partial charge in [-0.05, 0) is 23.3 Å². The molecule has 0 spiro atoms. The SMILES string of the molecule is N#Cc1ccc(/C=C\C=C/c2ccccc2)cc1. The van der Waals surface area contributed by atoms with Gasteiger partial charge in [0.15, 0.2) is 0 Å². The van der Waals surface area contributed by atoms with Crippen LogP contribution in [0.4, 0.5) is 0 Å². The molecule has 0 atom stereocenters. The molecule has 18 heavy (non-hydrogen) atoms. The Labute approximate surface area is 107 Å². The lowest BCUT2D eigenvalue weighted by Crippen LogP contribution is -1.74. The molecule has 0 bridgehead atoms. The summed E-state index contributed by atoms with van der Waals surface area (Å²) in [6, 6.07) is 19.8. The van der Waals surface area contributed by atoms with Crippen LogP contribution in [0, 0.1) is 11.3 Å². The molecule has 2 aromatic carbocycles. The molecule has 0 saturated carbocycles. The van der Waals surface area contributed by atoms with E-state index < -0.39 is 0 Å². The topological polar surface area (TPSA) is 23.8 Å². The van der Waals surface area contributed by atoms with E-state index in [4.69, 9.17) is 5.26 Å². The van der Waals surface area contributed by atoms with Gasteiger partial charge in [0, 0.05) is 0 Å². The molecule has 0 unspecified atom stereocenters. The first kappa shape index (κ1) is 11.9. The van der Waals surface area contributed by atoms with Crippen molar-refractivity contribution in [1.82, 2.24) is 0 Å². The van der Waals surface area contributed by atoms with Crippen LogP contribution in [0.3, 0.4) is 0 Å². The maximum absolute atomic E-state index is 8.69. The quantitative estimate of drug-likeness (QED) is 0.723. The van der Waals surface area contributed by atoms with Gasteiger partial charge in [0.25, 0.3) is 0 Å². The van der Waals surface area contributed by atoms with Crippen molar-refractivity contribution in [2.24, 2.45) is 0 Å². The molecule has 0 aliphatic heterocycles. The zero-order chi connectivity index (χ0) is 12.6. The second kappa shape index (κ2) is 6.22. The van der Waals surface area contributed by atoms with E-state index in [1.165, 1.54) is 5.56 Å². The largest absolute Gasteiger partial charge is 0.192 e. The fourth-order valence-corrected chi connectivity index (χ4v) is 1.57. The number of nitrogens with zero attached hydrogens (tertiary/aromatic N) is 1. The zero-order valence-corrected chi connectivity index (χ0v) is 9.95. The minimum Gasteiger partial charge on any atom is -0.192 e. The Morgan fingerprint density at radius 2 is 1.28 bits per heavy atom. The lowest BCUT2D eigenvalue weighted by Gasteiger charge is -1.92. The summed E-state index contributed by atoms with van der Waals surface area (Å²) in [6.07, 6.45) is 8.07. The molecule has 0 radical (unpaired) electrons. The molecule has 0 heterocycles. The van der Waals surface area contributed by atoms with Gasteiger partial charge in [0.05, 0.1) is 11.6 Å². The van der Waals surface area contributed by atoms with Crippen molar-refractivity contribution in [1.29, 1.82) is 5.26 Å². The summed E-state index contributed by atoms with van der Waals surface area (Å²) in [5, 5.41) is 8.69. The third kappa shape index (κ3) is 3.47. The average molecular weight is 231 g/mol. The van der Waals surface area contributed by atoms with Crippen molar-refractivity contribution in [2.45, 2.75) is 0 Å². The molecule has 0 aliphatic rings. The molecular formula is C17H13N. The standard InChI is InChI=1S/C17H13N/c18-14-17-12-10-16(11-13-17)9-5-4-8-15-6-2-1-3-7-15/h1-13H/b8-4-,9-5-. The van der Waals surface area contributed by atoms with Crippen molar-refractivity contribution in [3.8, 4) is 6.07 Å². The zero-order valence-electron chi connectivity index (χ0n) is 9.95. The smallest absolute Gasteiger partial charge is 0.0991 e. The first-order valence-electron chi connectivity index (χ1n) is 5.78. The van der Waals surface area contributed by atoms with Crippen molar-refractivity contribution in [2.75, 3.05) is 0 Å². The van der Waals surface area contributed by atoms with Crippen LogP contribution in [0.25, 0.3) is 12.2 Å². The van der Waals surface area contributed by atoms with E-state index in [-0.39, 0.29) is 0 Å². The Bertz CT molecular complexity index is 584. The minimum absolute atomic E-state index is 0.687. The Morgan fingerprint density at radius 1 is 0.722 bits per heavy atom. The summed E-state index contributed by atoms with van der Waals surface area (Å²) < 4.78 is 0. The lowest BCUT2D eigenvalue weighted by atomic mass is 10.1. The maximum atomic E-state index is 8.69. The first-order chi connectivity index (χ1) is 8.88. The van der Waals surface area contributed by atoms with E-state index in [0.717, 1.165) is 5.56 Å². The monoisotopic (exact) mass is 231 g/mol. The molecule has 1 heteroatoms. The number of rotatable bonds is 3. The summed E-state index contributed by atoms with van der Waals surface area (Å²) >= 11 is 0. The van der Waals surface area contributed by atoms with Gasteiger partial charge in [-0.1, -0.05) is 66.8 Å². The number of allylic oxidation sites excluding steroid dienone is 2. The van der Waals surface area contributed by atoms with E-state index in [1.54, 1.807) is 0 Å². The van der Waals surface area contributed by atoms with E-state index in [9.17, 15) is 0 Å². The Balaban J connectivity index is 1.99. The highest BCUT2D eigenvalue weighted by Crippen LogP contribution is 2.06. The summed E-state index contributed by atoms with van der Waals surface area (Å²) in [4.78, 5) is 0. The van der Waals surface area contributed by atoms with Crippen LogP contribution >= 0.6 is 0 Å². The van der Waals surface area contributed by atoms with Crippen LogP contribution in [-0.4, -0.2) is 0 Å². The van der Waals surface area contributed by atoms with Crippen molar-refractivity contribution in [3.63, 3.8) is 0 Å². The highest BCUT2D eigenvalue weighted by molar-refractivity contribution is 5.57. The van der Waals surface area contributed by atoms with Gasteiger partial charge in [-0.25, -0.2) is 0 Å². The molecule has 2 rings (SSSR count). The molecule has 86 valence electrons. The maximum Gasteiger partial charge on any atom is 0.0991 e. The molecule has 0 aliphatic carbocycles. The molecular weight excluding hydrogens is 218 g/mol. The van der Waals surface area contributed by atoms with E-state index in [2.05, 4.69) is 24.3 Å². The second-order valence-electron chi connectivity index (χ2n) is 3.86. The molecule has 0 fully saturated rings. The van der Waals surface area contributed by atoms with Gasteiger partial charge in [-0.15, -0.1) is 0 Å². The predicted octanol–water partition coefficient (Wildman–Crippen LogP) is 4.28. The summed E-state index contributed by atoms with van der Waals surface area (Å²) in [5.74, 6) is 0. The number of nitriles is 1. The Kier molecular flexibility index (Phi) is 4.11. The number of benzene rings is 2. The third-order valence-electron chi connectivity index (χ3n) is 2.53. The number of hydrogen-bond donors (Lipinski definition) is 0. The van der Waals surface area contributed by atoms with Crippen LogP contribution in [0.2, 0.25) is 0 Å². The van der Waals surface area contributed by atoms with Gasteiger partial charge in [-0.2, -0.15) is 5.26 Å². The van der Waals surface area contributed by atoms with Gasteiger partial charge >= 0.3 is 0 Å². The fourth-order valence-electron chi connectivity index (χ4n) is 1.57.